The Balaban J connectivity index is 1.91. The van der Waals surface area contributed by atoms with Gasteiger partial charge in [-0.25, -0.2) is 0 Å². The second-order valence-electron chi connectivity index (χ2n) is 6.36. The topological polar surface area (TPSA) is 40.5 Å². The highest BCUT2D eigenvalue weighted by Crippen LogP contribution is 2.54. The summed E-state index contributed by atoms with van der Waals surface area (Å²) >= 11 is 0. The highest BCUT2D eigenvalue weighted by molar-refractivity contribution is 5.81. The minimum atomic E-state index is 0.00801. The van der Waals surface area contributed by atoms with E-state index in [9.17, 15) is 10.0 Å². The average molecular weight is 257 g/mol. The minimum Gasteiger partial charge on any atom is -0.314 e. The van der Waals surface area contributed by atoms with Gasteiger partial charge in [0.1, 0.15) is 5.78 Å². The third kappa shape index (κ3) is 1.49. The van der Waals surface area contributed by atoms with E-state index in [1.807, 2.05) is 0 Å². The van der Waals surface area contributed by atoms with Crippen molar-refractivity contribution in [3.05, 3.63) is 35.4 Å². The molecule has 0 spiro atoms. The summed E-state index contributed by atoms with van der Waals surface area (Å²) in [5.41, 5.74) is 2.73. The Kier molecular flexibility index (Phi) is 2.39. The second-order valence-corrected chi connectivity index (χ2v) is 6.36. The number of hydroxylamine groups is 2. The van der Waals surface area contributed by atoms with Crippen LogP contribution in [-0.4, -0.2) is 28.6 Å². The van der Waals surface area contributed by atoms with Gasteiger partial charge in [0, 0.05) is 30.8 Å². The molecule has 1 aliphatic heterocycles. The predicted octanol–water partition coefficient (Wildman–Crippen LogP) is 2.31. The van der Waals surface area contributed by atoms with Crippen molar-refractivity contribution in [2.45, 2.75) is 43.6 Å². The molecule has 1 heterocycles. The van der Waals surface area contributed by atoms with E-state index < -0.39 is 0 Å². The quantitative estimate of drug-likeness (QED) is 0.775. The molecule has 4 rings (SSSR count). The molecular formula is C16H19NO2. The molecule has 2 fully saturated rings. The van der Waals surface area contributed by atoms with E-state index in [4.69, 9.17) is 0 Å². The van der Waals surface area contributed by atoms with Gasteiger partial charge in [0.05, 0.1) is 0 Å². The number of benzene rings is 1. The molecule has 3 atom stereocenters. The van der Waals surface area contributed by atoms with Crippen LogP contribution in [0.5, 0.6) is 0 Å². The van der Waals surface area contributed by atoms with E-state index >= 15 is 0 Å². The monoisotopic (exact) mass is 257 g/mol. The van der Waals surface area contributed by atoms with Crippen molar-refractivity contribution in [3.63, 3.8) is 0 Å². The van der Waals surface area contributed by atoms with Crippen LogP contribution in [0.1, 0.15) is 36.8 Å². The normalized spacial score (nSPS) is 37.6. The van der Waals surface area contributed by atoms with Crippen molar-refractivity contribution < 1.29 is 10.0 Å². The number of ketones is 1. The lowest BCUT2D eigenvalue weighted by atomic mass is 9.52. The number of fused-ring (bicyclic) bond motifs is 1. The van der Waals surface area contributed by atoms with Crippen LogP contribution in [0, 0.1) is 5.92 Å². The fourth-order valence-electron chi connectivity index (χ4n) is 4.77. The number of nitrogens with zero attached hydrogens (tertiary/aromatic N) is 1. The number of Topliss-reactive ketones (excluding diaryl/α,β-unsaturated/α-hetero) is 1. The minimum absolute atomic E-state index is 0.00801. The zero-order chi connectivity index (χ0) is 13.0. The number of rotatable bonds is 0. The zero-order valence-corrected chi connectivity index (χ0v) is 11.0. The molecular weight excluding hydrogens is 238 g/mol. The standard InChI is InChI=1S/C16H19NO2/c18-12-5-6-14-15-9-11-3-1-2-4-13(11)16(14,10-12)7-8-17(15)19/h1-4,14-15,19H,5-10H2/t14-,15+,16+/m0/s1. The Bertz CT molecular complexity index is 541. The van der Waals surface area contributed by atoms with Gasteiger partial charge in [-0.15, -0.1) is 0 Å². The number of carbonyl (C=O) groups excluding carboxylic acids is 1. The molecule has 0 amide bonds. The van der Waals surface area contributed by atoms with Crippen LogP contribution in [0.3, 0.4) is 0 Å². The van der Waals surface area contributed by atoms with Gasteiger partial charge < -0.3 is 5.21 Å². The van der Waals surface area contributed by atoms with Gasteiger partial charge in [-0.2, -0.15) is 5.06 Å². The van der Waals surface area contributed by atoms with Crippen molar-refractivity contribution in [1.82, 2.24) is 5.06 Å². The average Bonchev–Trinajstić information content (AvgIpc) is 2.42. The molecule has 3 aliphatic rings. The fourth-order valence-corrected chi connectivity index (χ4v) is 4.77. The van der Waals surface area contributed by atoms with Gasteiger partial charge in [-0.1, -0.05) is 24.3 Å². The van der Waals surface area contributed by atoms with E-state index in [1.54, 1.807) is 0 Å². The molecule has 0 unspecified atom stereocenters. The highest BCUT2D eigenvalue weighted by atomic mass is 16.5. The molecule has 1 aromatic carbocycles. The third-order valence-corrected chi connectivity index (χ3v) is 5.57. The molecule has 0 radical (unpaired) electrons. The molecule has 1 N–H and O–H groups in total. The van der Waals surface area contributed by atoms with E-state index in [2.05, 4.69) is 24.3 Å². The fraction of sp³-hybridized carbons (Fsp3) is 0.562. The molecule has 19 heavy (non-hydrogen) atoms. The van der Waals surface area contributed by atoms with Crippen LogP contribution in [0.15, 0.2) is 24.3 Å². The maximum absolute atomic E-state index is 12.0. The Morgan fingerprint density at radius 2 is 2.16 bits per heavy atom. The van der Waals surface area contributed by atoms with Gasteiger partial charge in [0.15, 0.2) is 0 Å². The molecule has 2 bridgehead atoms. The van der Waals surface area contributed by atoms with E-state index in [-0.39, 0.29) is 11.5 Å². The smallest absolute Gasteiger partial charge is 0.133 e. The summed E-state index contributed by atoms with van der Waals surface area (Å²) in [6.07, 6.45) is 4.15. The highest BCUT2D eigenvalue weighted by Gasteiger charge is 2.55. The SMILES string of the molecule is O=C1CC[C@H]2[C@H]3Cc4ccccc4[C@@]2(CCN3O)C1. The molecule has 1 saturated heterocycles. The summed E-state index contributed by atoms with van der Waals surface area (Å²) < 4.78 is 0. The first-order valence-corrected chi connectivity index (χ1v) is 7.26. The van der Waals surface area contributed by atoms with Crippen molar-refractivity contribution in [1.29, 1.82) is 0 Å². The zero-order valence-electron chi connectivity index (χ0n) is 11.0. The number of hydrogen-bond donors (Lipinski definition) is 1. The lowest BCUT2D eigenvalue weighted by molar-refractivity contribution is -0.187. The Labute approximate surface area is 113 Å². The summed E-state index contributed by atoms with van der Waals surface area (Å²) in [4.78, 5) is 12.0. The van der Waals surface area contributed by atoms with Gasteiger partial charge in [-0.05, 0) is 36.3 Å². The van der Waals surface area contributed by atoms with Gasteiger partial charge >= 0.3 is 0 Å². The lowest BCUT2D eigenvalue weighted by Crippen LogP contribution is -2.61. The number of piperidine rings is 1. The summed E-state index contributed by atoms with van der Waals surface area (Å²) in [6.45, 7) is 0.697. The van der Waals surface area contributed by atoms with Gasteiger partial charge in [0.2, 0.25) is 0 Å². The van der Waals surface area contributed by atoms with Crippen molar-refractivity contribution in [2.24, 2.45) is 5.92 Å². The Hall–Kier alpha value is -1.19. The van der Waals surface area contributed by atoms with Gasteiger partial charge in [-0.3, -0.25) is 4.79 Å². The van der Waals surface area contributed by atoms with E-state index in [0.717, 1.165) is 19.3 Å². The summed E-state index contributed by atoms with van der Waals surface area (Å²) in [7, 11) is 0. The summed E-state index contributed by atoms with van der Waals surface area (Å²) in [6, 6.07) is 8.74. The Morgan fingerprint density at radius 1 is 1.32 bits per heavy atom. The van der Waals surface area contributed by atoms with Crippen LogP contribution in [0.2, 0.25) is 0 Å². The first-order chi connectivity index (χ1) is 9.21. The summed E-state index contributed by atoms with van der Waals surface area (Å²) in [5.74, 6) is 0.844. The molecule has 2 aliphatic carbocycles. The van der Waals surface area contributed by atoms with E-state index in [1.165, 1.54) is 16.2 Å². The van der Waals surface area contributed by atoms with Crippen molar-refractivity contribution >= 4 is 5.78 Å². The summed E-state index contributed by atoms with van der Waals surface area (Å²) in [5, 5.41) is 11.7. The maximum atomic E-state index is 12.0. The first kappa shape index (κ1) is 11.6. The lowest BCUT2D eigenvalue weighted by Gasteiger charge is -2.57. The second kappa shape index (κ2) is 3.90. The molecule has 1 aromatic rings. The number of carbonyl (C=O) groups is 1. The molecule has 100 valence electrons. The molecule has 0 aromatic heterocycles. The van der Waals surface area contributed by atoms with Crippen molar-refractivity contribution in [3.8, 4) is 0 Å². The van der Waals surface area contributed by atoms with Crippen LogP contribution in [0.25, 0.3) is 0 Å². The first-order valence-electron chi connectivity index (χ1n) is 7.26. The molecule has 3 nitrogen and oxygen atoms in total. The Morgan fingerprint density at radius 3 is 3.05 bits per heavy atom. The van der Waals surface area contributed by atoms with Crippen LogP contribution in [0.4, 0.5) is 0 Å². The van der Waals surface area contributed by atoms with Crippen LogP contribution in [-0.2, 0) is 16.6 Å². The van der Waals surface area contributed by atoms with Crippen LogP contribution < -0.4 is 0 Å². The molecule has 3 heteroatoms. The number of hydrogen-bond acceptors (Lipinski definition) is 3. The maximum Gasteiger partial charge on any atom is 0.133 e. The van der Waals surface area contributed by atoms with Crippen molar-refractivity contribution in [2.75, 3.05) is 6.54 Å². The predicted molar refractivity (Wildman–Crippen MR) is 71.1 cm³/mol. The van der Waals surface area contributed by atoms with Gasteiger partial charge in [0.25, 0.3) is 0 Å². The molecule has 1 saturated carbocycles. The third-order valence-electron chi connectivity index (χ3n) is 5.57. The van der Waals surface area contributed by atoms with E-state index in [0.29, 0.717) is 31.1 Å². The van der Waals surface area contributed by atoms with Crippen LogP contribution >= 0.6 is 0 Å². The largest absolute Gasteiger partial charge is 0.314 e.